The lowest BCUT2D eigenvalue weighted by Gasteiger charge is -2.12. The van der Waals surface area contributed by atoms with E-state index < -0.39 is 5.95 Å². The van der Waals surface area contributed by atoms with Gasteiger partial charge in [0.1, 0.15) is 10.7 Å². The number of nitrogens with zero attached hydrogens (tertiary/aromatic N) is 2. The van der Waals surface area contributed by atoms with Gasteiger partial charge in [0.25, 0.3) is 0 Å². The first-order chi connectivity index (χ1) is 10.2. The zero-order valence-electron chi connectivity index (χ0n) is 12.7. The molecule has 21 heavy (non-hydrogen) atoms. The lowest BCUT2D eigenvalue weighted by molar-refractivity contribution is 0.197. The first-order valence-corrected chi connectivity index (χ1v) is 8.02. The molecule has 6 nitrogen and oxygen atoms in total. The van der Waals surface area contributed by atoms with E-state index in [4.69, 9.17) is 9.47 Å². The lowest BCUT2D eigenvalue weighted by atomic mass is 10.4. The Kier molecular flexibility index (Phi) is 9.04. The summed E-state index contributed by atoms with van der Waals surface area (Å²) in [6, 6.07) is 0. The summed E-state index contributed by atoms with van der Waals surface area (Å²) in [5.74, 6) is 0.289. The summed E-state index contributed by atoms with van der Waals surface area (Å²) < 4.78 is 23.9. The summed E-state index contributed by atoms with van der Waals surface area (Å²) in [7, 11) is 3.30. The molecule has 0 bridgehead atoms. The van der Waals surface area contributed by atoms with Gasteiger partial charge in [0.05, 0.1) is 0 Å². The van der Waals surface area contributed by atoms with Crippen molar-refractivity contribution in [1.29, 1.82) is 0 Å². The molecule has 120 valence electrons. The summed E-state index contributed by atoms with van der Waals surface area (Å²) in [6.07, 6.45) is 3.43. The van der Waals surface area contributed by atoms with Gasteiger partial charge in [0.15, 0.2) is 0 Å². The second-order valence-corrected chi connectivity index (χ2v) is 5.08. The minimum absolute atomic E-state index is 0.288. The summed E-state index contributed by atoms with van der Waals surface area (Å²) >= 11 is 1.28. The zero-order chi connectivity index (χ0) is 15.5. The molecule has 0 spiro atoms. The number of rotatable bonds is 11. The molecule has 0 aliphatic carbocycles. The van der Waals surface area contributed by atoms with Crippen molar-refractivity contribution >= 4 is 23.5 Å². The SMILES string of the molecule is COCCCNc1nc(F)c(SC)c(NCCCOC)n1. The lowest BCUT2D eigenvalue weighted by Crippen LogP contribution is -2.13. The fourth-order valence-corrected chi connectivity index (χ4v) is 2.17. The van der Waals surface area contributed by atoms with Gasteiger partial charge in [-0.25, -0.2) is 0 Å². The Morgan fingerprint density at radius 1 is 1.05 bits per heavy atom. The van der Waals surface area contributed by atoms with Gasteiger partial charge in [-0.1, -0.05) is 0 Å². The predicted octanol–water partition coefficient (Wildman–Crippen LogP) is 2.23. The Labute approximate surface area is 129 Å². The molecule has 0 aromatic carbocycles. The summed E-state index contributed by atoms with van der Waals surface area (Å²) in [6.45, 7) is 2.59. The molecule has 1 aromatic rings. The monoisotopic (exact) mass is 318 g/mol. The van der Waals surface area contributed by atoms with Crippen LogP contribution in [0.25, 0.3) is 0 Å². The highest BCUT2D eigenvalue weighted by Gasteiger charge is 2.13. The van der Waals surface area contributed by atoms with Gasteiger partial charge < -0.3 is 20.1 Å². The normalized spacial score (nSPS) is 10.7. The predicted molar refractivity (Wildman–Crippen MR) is 83.7 cm³/mol. The van der Waals surface area contributed by atoms with Crippen molar-refractivity contribution in [3.05, 3.63) is 5.95 Å². The standard InChI is InChI=1S/C13H23FN4O2S/c1-19-8-4-6-15-12-10(21-3)11(14)17-13(18-12)16-7-5-9-20-2/h4-9H2,1-3H3,(H2,15,16,17,18). The van der Waals surface area contributed by atoms with Crippen LogP contribution in [-0.2, 0) is 9.47 Å². The Morgan fingerprint density at radius 3 is 2.24 bits per heavy atom. The highest BCUT2D eigenvalue weighted by molar-refractivity contribution is 7.98. The van der Waals surface area contributed by atoms with Crippen LogP contribution in [0.1, 0.15) is 12.8 Å². The number of ether oxygens (including phenoxy) is 2. The van der Waals surface area contributed by atoms with Crippen molar-refractivity contribution in [2.75, 3.05) is 57.4 Å². The van der Waals surface area contributed by atoms with Crippen LogP contribution in [0.2, 0.25) is 0 Å². The molecule has 1 aromatic heterocycles. The molecule has 0 saturated carbocycles. The molecular formula is C13H23FN4O2S. The third kappa shape index (κ3) is 6.45. The quantitative estimate of drug-likeness (QED) is 0.368. The van der Waals surface area contributed by atoms with Crippen LogP contribution < -0.4 is 10.6 Å². The first kappa shape index (κ1) is 17.9. The van der Waals surface area contributed by atoms with Crippen molar-refractivity contribution in [2.24, 2.45) is 0 Å². The van der Waals surface area contributed by atoms with Crippen LogP contribution in [0, 0.1) is 5.95 Å². The van der Waals surface area contributed by atoms with Crippen molar-refractivity contribution in [1.82, 2.24) is 9.97 Å². The largest absolute Gasteiger partial charge is 0.385 e. The molecular weight excluding hydrogens is 295 g/mol. The molecule has 0 aliphatic heterocycles. The van der Waals surface area contributed by atoms with E-state index in [2.05, 4.69) is 20.6 Å². The molecule has 8 heteroatoms. The molecule has 0 aliphatic rings. The van der Waals surface area contributed by atoms with Crippen LogP contribution in [0.5, 0.6) is 0 Å². The van der Waals surface area contributed by atoms with Gasteiger partial charge in [-0.3, -0.25) is 0 Å². The first-order valence-electron chi connectivity index (χ1n) is 6.80. The highest BCUT2D eigenvalue weighted by Crippen LogP contribution is 2.26. The fraction of sp³-hybridized carbons (Fsp3) is 0.692. The number of hydrogen-bond donors (Lipinski definition) is 2. The summed E-state index contributed by atoms with van der Waals surface area (Å²) in [5.41, 5.74) is 0. The van der Waals surface area contributed by atoms with Crippen LogP contribution in [-0.4, -0.2) is 56.7 Å². The number of halogens is 1. The molecule has 1 heterocycles. The number of anilines is 2. The maximum absolute atomic E-state index is 14.0. The van der Waals surface area contributed by atoms with Gasteiger partial charge in [0.2, 0.25) is 11.9 Å². The van der Waals surface area contributed by atoms with Gasteiger partial charge in [-0.2, -0.15) is 14.4 Å². The molecule has 2 N–H and O–H groups in total. The van der Waals surface area contributed by atoms with Crippen LogP contribution >= 0.6 is 11.8 Å². The van der Waals surface area contributed by atoms with Gasteiger partial charge >= 0.3 is 0 Å². The molecule has 1 rings (SSSR count). The average Bonchev–Trinajstić information content (AvgIpc) is 2.48. The Balaban J connectivity index is 2.66. The maximum Gasteiger partial charge on any atom is 0.233 e. The van der Waals surface area contributed by atoms with E-state index in [0.29, 0.717) is 37.0 Å². The van der Waals surface area contributed by atoms with Crippen LogP contribution in [0.4, 0.5) is 16.2 Å². The second kappa shape index (κ2) is 10.6. The van der Waals surface area contributed by atoms with Crippen molar-refractivity contribution in [2.45, 2.75) is 17.7 Å². The topological polar surface area (TPSA) is 68.3 Å². The number of aromatic nitrogens is 2. The fourth-order valence-electron chi connectivity index (χ4n) is 1.64. The summed E-state index contributed by atoms with van der Waals surface area (Å²) in [4.78, 5) is 8.58. The average molecular weight is 318 g/mol. The Hall–Kier alpha value is -1.12. The van der Waals surface area contributed by atoms with Crippen molar-refractivity contribution in [3.63, 3.8) is 0 Å². The van der Waals surface area contributed by atoms with Gasteiger partial charge in [-0.15, -0.1) is 11.8 Å². The minimum Gasteiger partial charge on any atom is -0.385 e. The van der Waals surface area contributed by atoms with Gasteiger partial charge in [0, 0.05) is 40.5 Å². The molecule has 0 unspecified atom stereocenters. The zero-order valence-corrected chi connectivity index (χ0v) is 13.6. The van der Waals surface area contributed by atoms with E-state index in [1.54, 1.807) is 20.5 Å². The summed E-state index contributed by atoms with van der Waals surface area (Å²) in [5, 5.41) is 6.12. The number of nitrogens with one attached hydrogen (secondary N) is 2. The van der Waals surface area contributed by atoms with E-state index in [1.807, 2.05) is 0 Å². The smallest absolute Gasteiger partial charge is 0.233 e. The second-order valence-electron chi connectivity index (χ2n) is 4.27. The minimum atomic E-state index is -0.513. The molecule has 0 amide bonds. The van der Waals surface area contributed by atoms with Crippen molar-refractivity contribution < 1.29 is 13.9 Å². The molecule has 0 atom stereocenters. The molecule has 0 fully saturated rings. The Morgan fingerprint density at radius 2 is 1.67 bits per heavy atom. The van der Waals surface area contributed by atoms with E-state index in [1.165, 1.54) is 11.8 Å². The number of hydrogen-bond acceptors (Lipinski definition) is 7. The molecule has 0 saturated heterocycles. The van der Waals surface area contributed by atoms with E-state index in [-0.39, 0.29) is 5.95 Å². The van der Waals surface area contributed by atoms with Crippen LogP contribution in [0.15, 0.2) is 4.90 Å². The number of thioether (sulfide) groups is 1. The third-order valence-electron chi connectivity index (χ3n) is 2.65. The highest BCUT2D eigenvalue weighted by atomic mass is 32.2. The van der Waals surface area contributed by atoms with E-state index >= 15 is 0 Å². The third-order valence-corrected chi connectivity index (χ3v) is 3.42. The van der Waals surface area contributed by atoms with E-state index in [0.717, 1.165) is 12.8 Å². The van der Waals surface area contributed by atoms with Crippen LogP contribution in [0.3, 0.4) is 0 Å². The van der Waals surface area contributed by atoms with Crippen molar-refractivity contribution in [3.8, 4) is 0 Å². The van der Waals surface area contributed by atoms with Gasteiger partial charge in [-0.05, 0) is 19.1 Å². The Bertz CT molecular complexity index is 423. The molecule has 0 radical (unpaired) electrons. The maximum atomic E-state index is 14.0. The van der Waals surface area contributed by atoms with E-state index in [9.17, 15) is 4.39 Å². The number of methoxy groups -OCH3 is 2.